The number of nitrogens with two attached hydrogens (primary N) is 1. The maximum absolute atomic E-state index is 12.4. The molecule has 8 heteroatoms. The Morgan fingerprint density at radius 3 is 2.28 bits per heavy atom. The van der Waals surface area contributed by atoms with Gasteiger partial charge in [0.25, 0.3) is 0 Å². The summed E-state index contributed by atoms with van der Waals surface area (Å²) in [6.45, 7) is 0.359. The van der Waals surface area contributed by atoms with E-state index in [-0.39, 0.29) is 22.6 Å². The van der Waals surface area contributed by atoms with E-state index in [4.69, 9.17) is 5.14 Å². The van der Waals surface area contributed by atoms with Gasteiger partial charge in [0, 0.05) is 6.54 Å². The Kier molecular flexibility index (Phi) is 4.66. The number of amides is 1. The number of aliphatic carboxylic acids is 1. The lowest BCUT2D eigenvalue weighted by molar-refractivity contribution is -0.147. The van der Waals surface area contributed by atoms with Crippen LogP contribution in [0.1, 0.15) is 12.0 Å². The van der Waals surface area contributed by atoms with Crippen molar-refractivity contribution in [3.63, 3.8) is 0 Å². The Bertz CT molecular complexity index is 816. The zero-order valence-electron chi connectivity index (χ0n) is 13.5. The van der Waals surface area contributed by atoms with Crippen LogP contribution in [0.3, 0.4) is 0 Å². The molecule has 0 aliphatic heterocycles. The van der Waals surface area contributed by atoms with E-state index in [1.165, 1.54) is 12.1 Å². The lowest BCUT2D eigenvalue weighted by Gasteiger charge is -2.23. The number of nitrogens with one attached hydrogen (secondary N) is 1. The highest BCUT2D eigenvalue weighted by molar-refractivity contribution is 7.89. The summed E-state index contributed by atoms with van der Waals surface area (Å²) in [6.07, 6.45) is 5.09. The van der Waals surface area contributed by atoms with Gasteiger partial charge < -0.3 is 10.4 Å². The van der Waals surface area contributed by atoms with Gasteiger partial charge in [0.1, 0.15) is 0 Å². The number of fused-ring (bicyclic) bond motifs is 2. The molecule has 4 atom stereocenters. The van der Waals surface area contributed by atoms with Crippen molar-refractivity contribution >= 4 is 21.9 Å². The van der Waals surface area contributed by atoms with E-state index in [2.05, 4.69) is 5.32 Å². The molecule has 2 unspecified atom stereocenters. The molecule has 1 aromatic rings. The standard InChI is InChI=1S/C17H20N2O5S/c18-25(23,24)13-5-1-10(2-6-13)7-8-19-16(20)14-11-3-4-12(9-11)15(14)17(21)22/h1-6,11-12,14-15H,7-9H2,(H,19,20)(H,21,22)(H2,18,23,24)/t11?,12?,14-,15+/m1/s1. The van der Waals surface area contributed by atoms with Gasteiger partial charge in [0.15, 0.2) is 0 Å². The first kappa shape index (κ1) is 17.6. The van der Waals surface area contributed by atoms with Gasteiger partial charge in [-0.2, -0.15) is 0 Å². The van der Waals surface area contributed by atoms with Crippen LogP contribution >= 0.6 is 0 Å². The number of hydrogen-bond acceptors (Lipinski definition) is 4. The first-order valence-electron chi connectivity index (χ1n) is 8.08. The number of primary sulfonamides is 1. The molecule has 2 bridgehead atoms. The zero-order chi connectivity index (χ0) is 18.2. The monoisotopic (exact) mass is 364 g/mol. The molecule has 3 rings (SSSR count). The maximum atomic E-state index is 12.4. The molecule has 0 aromatic heterocycles. The van der Waals surface area contributed by atoms with Crippen LogP contribution in [0.4, 0.5) is 0 Å². The quantitative estimate of drug-likeness (QED) is 0.634. The number of allylic oxidation sites excluding steroid dienone is 2. The van der Waals surface area contributed by atoms with Crippen molar-refractivity contribution in [1.82, 2.24) is 5.32 Å². The number of carbonyl (C=O) groups excluding carboxylic acids is 1. The molecule has 0 radical (unpaired) electrons. The highest BCUT2D eigenvalue weighted by Gasteiger charge is 2.51. The zero-order valence-corrected chi connectivity index (χ0v) is 14.3. The highest BCUT2D eigenvalue weighted by Crippen LogP contribution is 2.48. The minimum Gasteiger partial charge on any atom is -0.481 e. The summed E-state index contributed by atoms with van der Waals surface area (Å²) < 4.78 is 22.4. The second kappa shape index (κ2) is 6.61. The van der Waals surface area contributed by atoms with Gasteiger partial charge in [-0.15, -0.1) is 0 Å². The molecule has 1 amide bonds. The molecule has 1 aromatic carbocycles. The fourth-order valence-electron chi connectivity index (χ4n) is 3.81. The molecule has 2 aliphatic rings. The summed E-state index contributed by atoms with van der Waals surface area (Å²) in [5, 5.41) is 17.2. The van der Waals surface area contributed by atoms with Crippen molar-refractivity contribution in [3.05, 3.63) is 42.0 Å². The normalized spacial score (nSPS) is 27.4. The smallest absolute Gasteiger partial charge is 0.307 e. The summed E-state index contributed by atoms with van der Waals surface area (Å²) in [5.74, 6) is -2.37. The lowest BCUT2D eigenvalue weighted by atomic mass is 9.82. The van der Waals surface area contributed by atoms with E-state index in [0.717, 1.165) is 12.0 Å². The number of sulfonamides is 1. The van der Waals surface area contributed by atoms with Crippen molar-refractivity contribution < 1.29 is 23.1 Å². The minimum atomic E-state index is -3.72. The van der Waals surface area contributed by atoms with Crippen molar-refractivity contribution in [2.24, 2.45) is 28.8 Å². The molecule has 1 fully saturated rings. The van der Waals surface area contributed by atoms with Gasteiger partial charge in [-0.1, -0.05) is 24.3 Å². The predicted octanol–water partition coefficient (Wildman–Crippen LogP) is 0.516. The van der Waals surface area contributed by atoms with Crippen LogP contribution < -0.4 is 10.5 Å². The summed E-state index contributed by atoms with van der Waals surface area (Å²) in [6, 6.07) is 6.14. The summed E-state index contributed by atoms with van der Waals surface area (Å²) in [4.78, 5) is 23.9. The Hall–Kier alpha value is -2.19. The van der Waals surface area contributed by atoms with Crippen LogP contribution in [0.5, 0.6) is 0 Å². The second-order valence-electron chi connectivity index (χ2n) is 6.57. The Morgan fingerprint density at radius 2 is 1.72 bits per heavy atom. The molecule has 25 heavy (non-hydrogen) atoms. The van der Waals surface area contributed by atoms with Gasteiger partial charge in [0.05, 0.1) is 16.7 Å². The number of carboxylic acids is 1. The third-order valence-corrected chi connectivity index (χ3v) is 5.94. The topological polar surface area (TPSA) is 127 Å². The molecule has 4 N–H and O–H groups in total. The number of benzene rings is 1. The molecule has 0 heterocycles. The summed E-state index contributed by atoms with van der Waals surface area (Å²) in [5.41, 5.74) is 0.857. The molecule has 7 nitrogen and oxygen atoms in total. The van der Waals surface area contributed by atoms with Crippen molar-refractivity contribution in [2.45, 2.75) is 17.7 Å². The number of hydrogen-bond donors (Lipinski definition) is 3. The van der Waals surface area contributed by atoms with Gasteiger partial charge in [-0.3, -0.25) is 9.59 Å². The Balaban J connectivity index is 1.56. The highest BCUT2D eigenvalue weighted by atomic mass is 32.2. The van der Waals surface area contributed by atoms with Crippen LogP contribution in [0, 0.1) is 23.7 Å². The maximum Gasteiger partial charge on any atom is 0.307 e. The summed E-state index contributed by atoms with van der Waals surface area (Å²) in [7, 11) is -3.72. The number of carboxylic acid groups (broad SMARTS) is 1. The molecule has 1 saturated carbocycles. The van der Waals surface area contributed by atoms with Crippen LogP contribution in [0.2, 0.25) is 0 Å². The first-order chi connectivity index (χ1) is 11.8. The molecule has 0 saturated heterocycles. The van der Waals surface area contributed by atoms with E-state index in [1.807, 2.05) is 12.2 Å². The first-order valence-corrected chi connectivity index (χ1v) is 9.62. The van der Waals surface area contributed by atoms with Gasteiger partial charge >= 0.3 is 5.97 Å². The Morgan fingerprint density at radius 1 is 1.12 bits per heavy atom. The predicted molar refractivity (Wildman–Crippen MR) is 89.9 cm³/mol. The molecule has 134 valence electrons. The fraction of sp³-hybridized carbons (Fsp3) is 0.412. The number of rotatable bonds is 6. The average molecular weight is 364 g/mol. The third kappa shape index (κ3) is 3.59. The van der Waals surface area contributed by atoms with Crippen LogP contribution in [0.25, 0.3) is 0 Å². The van der Waals surface area contributed by atoms with E-state index in [9.17, 15) is 23.1 Å². The fourth-order valence-corrected chi connectivity index (χ4v) is 4.33. The number of carbonyl (C=O) groups is 2. The van der Waals surface area contributed by atoms with Crippen LogP contribution in [-0.2, 0) is 26.0 Å². The SMILES string of the molecule is NS(=O)(=O)c1ccc(CCNC(=O)[C@@H]2C3C=CC(C3)[C@@H]2C(=O)O)cc1. The minimum absolute atomic E-state index is 0.000134. The molecular weight excluding hydrogens is 344 g/mol. The average Bonchev–Trinajstić information content (AvgIpc) is 3.15. The summed E-state index contributed by atoms with van der Waals surface area (Å²) >= 11 is 0. The van der Waals surface area contributed by atoms with Crippen molar-refractivity contribution in [2.75, 3.05) is 6.54 Å². The van der Waals surface area contributed by atoms with E-state index in [1.54, 1.807) is 12.1 Å². The molecular formula is C17H20N2O5S. The lowest BCUT2D eigenvalue weighted by Crippen LogP contribution is -2.40. The molecule has 0 spiro atoms. The van der Waals surface area contributed by atoms with E-state index >= 15 is 0 Å². The van der Waals surface area contributed by atoms with Gasteiger partial charge in [0.2, 0.25) is 15.9 Å². The molecule has 2 aliphatic carbocycles. The van der Waals surface area contributed by atoms with Gasteiger partial charge in [-0.25, -0.2) is 13.6 Å². The van der Waals surface area contributed by atoms with Crippen molar-refractivity contribution in [3.8, 4) is 0 Å². The van der Waals surface area contributed by atoms with Crippen LogP contribution in [-0.4, -0.2) is 31.9 Å². The van der Waals surface area contributed by atoms with Crippen molar-refractivity contribution in [1.29, 1.82) is 0 Å². The van der Waals surface area contributed by atoms with E-state index < -0.39 is 27.8 Å². The largest absolute Gasteiger partial charge is 0.481 e. The third-order valence-electron chi connectivity index (χ3n) is 5.01. The van der Waals surface area contributed by atoms with Gasteiger partial charge in [-0.05, 0) is 42.4 Å². The second-order valence-corrected chi connectivity index (χ2v) is 8.13. The van der Waals surface area contributed by atoms with E-state index in [0.29, 0.717) is 13.0 Å². The Labute approximate surface area is 146 Å². The van der Waals surface area contributed by atoms with Crippen LogP contribution in [0.15, 0.2) is 41.3 Å².